The van der Waals surface area contributed by atoms with Crippen LogP contribution in [0.4, 0.5) is 5.69 Å². The van der Waals surface area contributed by atoms with E-state index in [0.717, 1.165) is 30.4 Å². The van der Waals surface area contributed by atoms with Gasteiger partial charge in [-0.3, -0.25) is 4.79 Å². The molecule has 3 heteroatoms. The van der Waals surface area contributed by atoms with Crippen LogP contribution < -0.4 is 5.32 Å². The summed E-state index contributed by atoms with van der Waals surface area (Å²) >= 11 is 0. The van der Waals surface area contributed by atoms with Crippen molar-refractivity contribution in [1.82, 2.24) is 0 Å². The minimum atomic E-state index is 0.0772. The number of hydrogen-bond acceptors (Lipinski definition) is 2. The quantitative estimate of drug-likeness (QED) is 0.758. The lowest BCUT2D eigenvalue weighted by Crippen LogP contribution is -2.14. The van der Waals surface area contributed by atoms with Crippen LogP contribution in [0.25, 0.3) is 0 Å². The predicted octanol–water partition coefficient (Wildman–Crippen LogP) is 1.78. The van der Waals surface area contributed by atoms with Crippen molar-refractivity contribution in [2.24, 2.45) is 5.92 Å². The molecule has 0 heterocycles. The minimum Gasteiger partial charge on any atom is -0.326 e. The molecule has 3 nitrogen and oxygen atoms in total. The van der Waals surface area contributed by atoms with Gasteiger partial charge in [0.2, 0.25) is 5.91 Å². The van der Waals surface area contributed by atoms with Gasteiger partial charge in [-0.2, -0.15) is 0 Å². The van der Waals surface area contributed by atoms with Crippen LogP contribution in [0.3, 0.4) is 0 Å². The van der Waals surface area contributed by atoms with Gasteiger partial charge in [-0.25, -0.2) is 0 Å². The number of rotatable bonds is 4. The number of aldehydes is 1. The summed E-state index contributed by atoms with van der Waals surface area (Å²) in [6.45, 7) is 0. The van der Waals surface area contributed by atoms with E-state index >= 15 is 0 Å². The fourth-order valence-corrected chi connectivity index (χ4v) is 1.49. The summed E-state index contributed by atoms with van der Waals surface area (Å²) in [6.07, 6.45) is 3.17. The molecule has 0 spiro atoms. The van der Waals surface area contributed by atoms with E-state index in [2.05, 4.69) is 5.32 Å². The Morgan fingerprint density at radius 1 is 1.40 bits per heavy atom. The molecule has 78 valence electrons. The summed E-state index contributed by atoms with van der Waals surface area (Å²) in [5, 5.41) is 2.86. The predicted molar refractivity (Wildman–Crippen MR) is 57.6 cm³/mol. The van der Waals surface area contributed by atoms with E-state index in [1.165, 1.54) is 0 Å². The lowest BCUT2D eigenvalue weighted by Gasteiger charge is -2.08. The second kappa shape index (κ2) is 4.26. The topological polar surface area (TPSA) is 46.2 Å². The number of anilines is 1. The lowest BCUT2D eigenvalue weighted by atomic mass is 10.1. The number of carbonyl (C=O) groups excluding carboxylic acids is 2. The first kappa shape index (κ1) is 9.90. The van der Waals surface area contributed by atoms with Crippen molar-refractivity contribution in [1.29, 1.82) is 0 Å². The molecule has 1 aromatic carbocycles. The highest BCUT2D eigenvalue weighted by atomic mass is 16.2. The average molecular weight is 203 g/mol. The highest BCUT2D eigenvalue weighted by molar-refractivity contribution is 5.94. The maximum Gasteiger partial charge on any atom is 0.227 e. The van der Waals surface area contributed by atoms with E-state index in [-0.39, 0.29) is 11.8 Å². The molecule has 1 aliphatic carbocycles. The molecule has 1 N–H and O–H groups in total. The molecular weight excluding hydrogens is 190 g/mol. The molecule has 15 heavy (non-hydrogen) atoms. The third kappa shape index (κ3) is 2.43. The Balaban J connectivity index is 2.11. The monoisotopic (exact) mass is 203 g/mol. The second-order valence-corrected chi connectivity index (χ2v) is 3.79. The molecular formula is C12H13NO2. The van der Waals surface area contributed by atoms with Gasteiger partial charge in [0.1, 0.15) is 6.29 Å². The highest BCUT2D eigenvalue weighted by Gasteiger charge is 2.29. The number of para-hydroxylation sites is 1. The van der Waals surface area contributed by atoms with Crippen molar-refractivity contribution < 1.29 is 9.59 Å². The van der Waals surface area contributed by atoms with Crippen molar-refractivity contribution in [3.8, 4) is 0 Å². The fraction of sp³-hybridized carbons (Fsp3) is 0.333. The van der Waals surface area contributed by atoms with Crippen LogP contribution in [-0.4, -0.2) is 12.2 Å². The Kier molecular flexibility index (Phi) is 2.81. The van der Waals surface area contributed by atoms with Gasteiger partial charge in [-0.1, -0.05) is 18.2 Å². The second-order valence-electron chi connectivity index (χ2n) is 3.79. The third-order valence-corrected chi connectivity index (χ3v) is 2.53. The van der Waals surface area contributed by atoms with Crippen molar-refractivity contribution in [3.63, 3.8) is 0 Å². The van der Waals surface area contributed by atoms with E-state index in [1.807, 2.05) is 24.3 Å². The van der Waals surface area contributed by atoms with Gasteiger partial charge in [-0.05, 0) is 24.5 Å². The number of hydrogen-bond donors (Lipinski definition) is 1. The van der Waals surface area contributed by atoms with Crippen LogP contribution in [0.1, 0.15) is 18.4 Å². The molecule has 1 aliphatic rings. The van der Waals surface area contributed by atoms with Crippen LogP contribution in [-0.2, 0) is 16.0 Å². The molecule has 1 aromatic rings. The van der Waals surface area contributed by atoms with E-state index in [9.17, 15) is 9.59 Å². The normalized spacial score (nSPS) is 14.7. The van der Waals surface area contributed by atoms with E-state index in [1.54, 1.807) is 0 Å². The maximum absolute atomic E-state index is 11.5. The van der Waals surface area contributed by atoms with Gasteiger partial charge >= 0.3 is 0 Å². The standard InChI is InChI=1S/C12H13NO2/c14-8-7-9-3-1-2-4-11(9)13-12(15)10-5-6-10/h1-4,8,10H,5-7H2,(H,13,15). The number of carbonyl (C=O) groups is 2. The van der Waals surface area contributed by atoms with Gasteiger partial charge in [0.05, 0.1) is 0 Å². The first-order valence-corrected chi connectivity index (χ1v) is 5.13. The molecule has 1 fully saturated rings. The molecule has 0 saturated heterocycles. The molecule has 0 unspecified atom stereocenters. The van der Waals surface area contributed by atoms with Gasteiger partial charge < -0.3 is 10.1 Å². The van der Waals surface area contributed by atoms with E-state index < -0.39 is 0 Å². The largest absolute Gasteiger partial charge is 0.326 e. The fourth-order valence-electron chi connectivity index (χ4n) is 1.49. The zero-order valence-corrected chi connectivity index (χ0v) is 8.40. The summed E-state index contributed by atoms with van der Waals surface area (Å²) in [6, 6.07) is 7.42. The summed E-state index contributed by atoms with van der Waals surface area (Å²) in [4.78, 5) is 22.0. The number of nitrogens with one attached hydrogen (secondary N) is 1. The van der Waals surface area contributed by atoms with Crippen LogP contribution in [0.15, 0.2) is 24.3 Å². The van der Waals surface area contributed by atoms with Crippen LogP contribution in [0.5, 0.6) is 0 Å². The molecule has 0 aromatic heterocycles. The van der Waals surface area contributed by atoms with Crippen LogP contribution >= 0.6 is 0 Å². The molecule has 0 aliphatic heterocycles. The molecule has 1 amide bonds. The molecule has 0 radical (unpaired) electrons. The smallest absolute Gasteiger partial charge is 0.227 e. The number of benzene rings is 1. The van der Waals surface area contributed by atoms with Crippen molar-refractivity contribution >= 4 is 17.9 Å². The van der Waals surface area contributed by atoms with Gasteiger partial charge in [0.25, 0.3) is 0 Å². The molecule has 0 bridgehead atoms. The Hall–Kier alpha value is -1.64. The molecule has 2 rings (SSSR count). The van der Waals surface area contributed by atoms with E-state index in [0.29, 0.717) is 6.42 Å². The van der Waals surface area contributed by atoms with Crippen molar-refractivity contribution in [3.05, 3.63) is 29.8 Å². The molecule has 0 atom stereocenters. The molecule has 1 saturated carbocycles. The van der Waals surface area contributed by atoms with Gasteiger partial charge in [0, 0.05) is 18.0 Å². The Labute approximate surface area is 88.5 Å². The number of amides is 1. The average Bonchev–Trinajstić information content (AvgIpc) is 3.04. The SMILES string of the molecule is O=CCc1ccccc1NC(=O)C1CC1. The first-order valence-electron chi connectivity index (χ1n) is 5.13. The Morgan fingerprint density at radius 3 is 2.80 bits per heavy atom. The highest BCUT2D eigenvalue weighted by Crippen LogP contribution is 2.30. The van der Waals surface area contributed by atoms with Crippen LogP contribution in [0, 0.1) is 5.92 Å². The third-order valence-electron chi connectivity index (χ3n) is 2.53. The van der Waals surface area contributed by atoms with Crippen molar-refractivity contribution in [2.75, 3.05) is 5.32 Å². The zero-order valence-electron chi connectivity index (χ0n) is 8.40. The summed E-state index contributed by atoms with van der Waals surface area (Å²) < 4.78 is 0. The summed E-state index contributed by atoms with van der Waals surface area (Å²) in [5.74, 6) is 0.266. The maximum atomic E-state index is 11.5. The van der Waals surface area contributed by atoms with E-state index in [4.69, 9.17) is 0 Å². The minimum absolute atomic E-state index is 0.0772. The summed E-state index contributed by atoms with van der Waals surface area (Å²) in [5.41, 5.74) is 1.64. The Bertz CT molecular complexity index is 383. The first-order chi connectivity index (χ1) is 7.31. The summed E-state index contributed by atoms with van der Waals surface area (Å²) in [7, 11) is 0. The Morgan fingerprint density at radius 2 is 2.13 bits per heavy atom. The van der Waals surface area contributed by atoms with Gasteiger partial charge in [-0.15, -0.1) is 0 Å². The van der Waals surface area contributed by atoms with Crippen molar-refractivity contribution in [2.45, 2.75) is 19.3 Å². The van der Waals surface area contributed by atoms with Crippen LogP contribution in [0.2, 0.25) is 0 Å². The zero-order chi connectivity index (χ0) is 10.7. The lowest BCUT2D eigenvalue weighted by molar-refractivity contribution is -0.117. The van der Waals surface area contributed by atoms with Gasteiger partial charge in [0.15, 0.2) is 0 Å².